The lowest BCUT2D eigenvalue weighted by molar-refractivity contribution is 0.294. The smallest absolute Gasteiger partial charge is 0.198 e. The van der Waals surface area contributed by atoms with Gasteiger partial charge in [0.1, 0.15) is 4.87 Å². The van der Waals surface area contributed by atoms with E-state index in [9.17, 15) is 8.42 Å². The molecule has 1 aliphatic rings. The van der Waals surface area contributed by atoms with Crippen molar-refractivity contribution in [2.75, 3.05) is 6.54 Å². The van der Waals surface area contributed by atoms with Crippen molar-refractivity contribution in [3.8, 4) is 0 Å². The quantitative estimate of drug-likeness (QED) is 0.870. The largest absolute Gasteiger partial charge is 0.299 e. The highest BCUT2D eigenvalue weighted by atomic mass is 32.2. The molecule has 94 valence electrons. The van der Waals surface area contributed by atoms with Gasteiger partial charge in [-0.25, -0.2) is 8.42 Å². The molecular formula is C12H18N2O2S. The maximum absolute atomic E-state index is 12.6. The van der Waals surface area contributed by atoms with Gasteiger partial charge in [0.2, 0.25) is 0 Å². The summed E-state index contributed by atoms with van der Waals surface area (Å²) in [5.74, 6) is 0.424. The summed E-state index contributed by atoms with van der Waals surface area (Å²) in [6.45, 7) is 4.61. The molecule has 0 spiro atoms. The van der Waals surface area contributed by atoms with Gasteiger partial charge in [-0.15, -0.1) is 0 Å². The number of aromatic nitrogens is 1. The Morgan fingerprint density at radius 2 is 2.29 bits per heavy atom. The Morgan fingerprint density at radius 3 is 2.88 bits per heavy atom. The van der Waals surface area contributed by atoms with Gasteiger partial charge in [0, 0.05) is 12.4 Å². The van der Waals surface area contributed by atoms with E-state index in [0.717, 1.165) is 13.0 Å². The van der Waals surface area contributed by atoms with Crippen molar-refractivity contribution < 1.29 is 8.42 Å². The molecule has 1 fully saturated rings. The van der Waals surface area contributed by atoms with Crippen LogP contribution >= 0.6 is 0 Å². The van der Waals surface area contributed by atoms with Crippen molar-refractivity contribution in [2.45, 2.75) is 36.5 Å². The molecule has 1 aromatic heterocycles. The Balaban J connectivity index is 2.38. The molecule has 17 heavy (non-hydrogen) atoms. The van der Waals surface area contributed by atoms with Gasteiger partial charge in [-0.2, -0.15) is 0 Å². The number of nitrogens with zero attached hydrogens (tertiary/aromatic N) is 1. The molecule has 4 nitrogen and oxygen atoms in total. The molecule has 0 aliphatic carbocycles. The first-order valence-corrected chi connectivity index (χ1v) is 7.34. The molecule has 1 aliphatic heterocycles. The number of rotatable bonds is 2. The molecular weight excluding hydrogens is 236 g/mol. The maximum atomic E-state index is 12.6. The van der Waals surface area contributed by atoms with Gasteiger partial charge in [0.25, 0.3) is 0 Å². The van der Waals surface area contributed by atoms with Crippen LogP contribution in [0.2, 0.25) is 0 Å². The third-order valence-corrected chi connectivity index (χ3v) is 5.77. The number of hydrogen-bond donors (Lipinski definition) is 1. The van der Waals surface area contributed by atoms with E-state index in [1.807, 2.05) is 0 Å². The summed E-state index contributed by atoms with van der Waals surface area (Å²) >= 11 is 0. The molecule has 0 aromatic carbocycles. The van der Waals surface area contributed by atoms with Crippen LogP contribution < -0.4 is 5.32 Å². The van der Waals surface area contributed by atoms with Crippen molar-refractivity contribution in [1.29, 1.82) is 0 Å². The molecule has 1 saturated heterocycles. The van der Waals surface area contributed by atoms with E-state index >= 15 is 0 Å². The molecule has 1 N–H and O–H groups in total. The number of pyridine rings is 1. The third kappa shape index (κ3) is 2.21. The second kappa shape index (κ2) is 4.38. The number of piperidine rings is 1. The normalized spacial score (nSPS) is 30.1. The molecule has 0 radical (unpaired) electrons. The average Bonchev–Trinajstić information content (AvgIpc) is 2.29. The van der Waals surface area contributed by atoms with Crippen molar-refractivity contribution in [2.24, 2.45) is 5.92 Å². The van der Waals surface area contributed by atoms with Crippen LogP contribution in [0.5, 0.6) is 0 Å². The highest BCUT2D eigenvalue weighted by Crippen LogP contribution is 2.32. The molecule has 0 amide bonds. The fourth-order valence-electron chi connectivity index (χ4n) is 2.39. The Bertz CT molecular complexity index is 486. The van der Waals surface area contributed by atoms with E-state index < -0.39 is 14.7 Å². The number of hydrogen-bond acceptors (Lipinski definition) is 4. The molecule has 1 aromatic rings. The fourth-order valence-corrected chi connectivity index (χ4v) is 4.17. The van der Waals surface area contributed by atoms with E-state index in [-0.39, 0.29) is 0 Å². The van der Waals surface area contributed by atoms with Crippen LogP contribution in [-0.2, 0) is 9.84 Å². The van der Waals surface area contributed by atoms with Crippen molar-refractivity contribution in [3.63, 3.8) is 0 Å². The van der Waals surface area contributed by atoms with Crippen molar-refractivity contribution in [3.05, 3.63) is 24.5 Å². The zero-order valence-corrected chi connectivity index (χ0v) is 11.0. The van der Waals surface area contributed by atoms with Gasteiger partial charge in [0.05, 0.1) is 4.90 Å². The van der Waals surface area contributed by atoms with Crippen LogP contribution in [0.1, 0.15) is 26.7 Å². The maximum Gasteiger partial charge on any atom is 0.198 e. The highest BCUT2D eigenvalue weighted by Gasteiger charge is 2.42. The van der Waals surface area contributed by atoms with Gasteiger partial charge in [-0.1, -0.05) is 6.92 Å². The van der Waals surface area contributed by atoms with Crippen LogP contribution in [0.15, 0.2) is 29.4 Å². The molecule has 2 atom stereocenters. The highest BCUT2D eigenvalue weighted by molar-refractivity contribution is 7.92. The average molecular weight is 254 g/mol. The molecule has 2 rings (SSSR count). The topological polar surface area (TPSA) is 59.1 Å². The minimum atomic E-state index is -3.37. The third-order valence-electron chi connectivity index (χ3n) is 3.41. The van der Waals surface area contributed by atoms with Crippen molar-refractivity contribution in [1.82, 2.24) is 10.3 Å². The first-order chi connectivity index (χ1) is 7.96. The molecule has 2 unspecified atom stereocenters. The van der Waals surface area contributed by atoms with Crippen molar-refractivity contribution >= 4 is 9.84 Å². The monoisotopic (exact) mass is 254 g/mol. The lowest BCUT2D eigenvalue weighted by atomic mass is 9.95. The first-order valence-electron chi connectivity index (χ1n) is 5.85. The number of sulfone groups is 1. The SMILES string of the molecule is CC1CCNC(C)(S(=O)(=O)c2cccnc2)C1. The summed E-state index contributed by atoms with van der Waals surface area (Å²) in [7, 11) is -3.37. The summed E-state index contributed by atoms with van der Waals surface area (Å²) in [5.41, 5.74) is 0. The van der Waals surface area contributed by atoms with E-state index in [0.29, 0.717) is 17.2 Å². The molecule has 0 bridgehead atoms. The van der Waals surface area contributed by atoms with Crippen LogP contribution in [0.25, 0.3) is 0 Å². The van der Waals surface area contributed by atoms with E-state index in [1.165, 1.54) is 6.20 Å². The van der Waals surface area contributed by atoms with E-state index in [1.54, 1.807) is 25.3 Å². The predicted molar refractivity (Wildman–Crippen MR) is 66.2 cm³/mol. The van der Waals surface area contributed by atoms with Gasteiger partial charge >= 0.3 is 0 Å². The standard InChI is InChI=1S/C12H18N2O2S/c1-10-5-7-14-12(2,8-10)17(15,16)11-4-3-6-13-9-11/h3-4,6,9-10,14H,5,7-8H2,1-2H3. The Kier molecular flexibility index (Phi) is 3.23. The lowest BCUT2D eigenvalue weighted by Crippen LogP contribution is -2.53. The lowest BCUT2D eigenvalue weighted by Gasteiger charge is -2.37. The zero-order valence-electron chi connectivity index (χ0n) is 10.2. The minimum Gasteiger partial charge on any atom is -0.299 e. The van der Waals surface area contributed by atoms with Gasteiger partial charge in [-0.05, 0) is 44.4 Å². The summed E-state index contributed by atoms with van der Waals surface area (Å²) in [4.78, 5) is 3.32. The Morgan fingerprint density at radius 1 is 1.53 bits per heavy atom. The van der Waals surface area contributed by atoms with Gasteiger partial charge < -0.3 is 0 Å². The van der Waals surface area contributed by atoms with E-state index in [2.05, 4.69) is 17.2 Å². The second-order valence-electron chi connectivity index (χ2n) is 4.95. The van der Waals surface area contributed by atoms with E-state index in [4.69, 9.17) is 0 Å². The predicted octanol–water partition coefficient (Wildman–Crippen LogP) is 1.59. The van der Waals surface area contributed by atoms with Gasteiger partial charge in [-0.3, -0.25) is 10.3 Å². The molecule has 2 heterocycles. The van der Waals surface area contributed by atoms with Crippen LogP contribution in [0, 0.1) is 5.92 Å². The Labute approximate surface area is 102 Å². The summed E-state index contributed by atoms with van der Waals surface area (Å²) in [6, 6.07) is 3.26. The Hall–Kier alpha value is -0.940. The first kappa shape index (κ1) is 12.5. The summed E-state index contributed by atoms with van der Waals surface area (Å²) < 4.78 is 25.1. The molecule has 5 heteroatoms. The van der Waals surface area contributed by atoms with Crippen LogP contribution in [0.3, 0.4) is 0 Å². The minimum absolute atomic E-state index is 0.295. The fraction of sp³-hybridized carbons (Fsp3) is 0.583. The second-order valence-corrected chi connectivity index (χ2v) is 7.33. The summed E-state index contributed by atoms with van der Waals surface area (Å²) in [6.07, 6.45) is 4.67. The zero-order chi connectivity index (χ0) is 12.5. The summed E-state index contributed by atoms with van der Waals surface area (Å²) in [5, 5.41) is 3.15. The van der Waals surface area contributed by atoms with Gasteiger partial charge in [0.15, 0.2) is 9.84 Å². The molecule has 0 saturated carbocycles. The van der Waals surface area contributed by atoms with Crippen LogP contribution in [0.4, 0.5) is 0 Å². The number of nitrogens with one attached hydrogen (secondary N) is 1. The van der Waals surface area contributed by atoms with Crippen LogP contribution in [-0.4, -0.2) is 24.8 Å².